The molecule has 1 amide bonds. The van der Waals surface area contributed by atoms with E-state index < -0.39 is 0 Å². The Hall–Kier alpha value is -3.49. The third-order valence-electron chi connectivity index (χ3n) is 5.68. The number of para-hydroxylation sites is 1. The molecule has 32 heavy (non-hydrogen) atoms. The number of hydrogen-bond donors (Lipinski definition) is 2. The van der Waals surface area contributed by atoms with Gasteiger partial charge in [0.05, 0.1) is 11.4 Å². The second kappa shape index (κ2) is 9.33. The van der Waals surface area contributed by atoms with E-state index in [2.05, 4.69) is 30.8 Å². The predicted molar refractivity (Wildman–Crippen MR) is 124 cm³/mol. The van der Waals surface area contributed by atoms with E-state index in [4.69, 9.17) is 0 Å². The monoisotopic (exact) mass is 434 g/mol. The van der Waals surface area contributed by atoms with E-state index in [1.165, 1.54) is 4.80 Å². The van der Waals surface area contributed by atoms with Crippen LogP contribution in [0, 0.1) is 13.8 Å². The first kappa shape index (κ1) is 21.7. The standard InChI is InChI=1S/C23H30N8O/c1-15-22(29-31(28-15)19-8-6-5-7-9-19)23(32)27-18-12-10-17(11-13-18)26-20-14-21(30(3)4)25-16(2)24-20/h5-9,14,17-18H,10-13H2,1-4H3,(H,27,32)(H,24,25,26). The Balaban J connectivity index is 1.33. The van der Waals surface area contributed by atoms with Crippen LogP contribution in [-0.2, 0) is 0 Å². The fraction of sp³-hybridized carbons (Fsp3) is 0.435. The molecule has 0 radical (unpaired) electrons. The molecular weight excluding hydrogens is 404 g/mol. The minimum Gasteiger partial charge on any atom is -0.367 e. The molecule has 0 unspecified atom stereocenters. The third-order valence-corrected chi connectivity index (χ3v) is 5.68. The molecule has 1 aliphatic carbocycles. The van der Waals surface area contributed by atoms with Crippen LogP contribution < -0.4 is 15.5 Å². The van der Waals surface area contributed by atoms with E-state index in [-0.39, 0.29) is 11.9 Å². The summed E-state index contributed by atoms with van der Waals surface area (Å²) in [6, 6.07) is 12.0. The van der Waals surface area contributed by atoms with Crippen LogP contribution in [0.5, 0.6) is 0 Å². The molecule has 3 aromatic rings. The van der Waals surface area contributed by atoms with Gasteiger partial charge in [0.15, 0.2) is 5.69 Å². The molecule has 168 valence electrons. The highest BCUT2D eigenvalue weighted by Gasteiger charge is 2.25. The van der Waals surface area contributed by atoms with Crippen LogP contribution >= 0.6 is 0 Å². The van der Waals surface area contributed by atoms with E-state index in [9.17, 15) is 4.79 Å². The number of benzene rings is 1. The van der Waals surface area contributed by atoms with Gasteiger partial charge in [-0.2, -0.15) is 9.90 Å². The van der Waals surface area contributed by atoms with Crippen molar-refractivity contribution in [2.45, 2.75) is 51.6 Å². The molecule has 0 aliphatic heterocycles. The first-order valence-electron chi connectivity index (χ1n) is 11.0. The van der Waals surface area contributed by atoms with Crippen LogP contribution in [0.25, 0.3) is 5.69 Å². The number of carbonyl (C=O) groups excluding carboxylic acids is 1. The highest BCUT2D eigenvalue weighted by Crippen LogP contribution is 2.23. The molecule has 1 aromatic carbocycles. The Morgan fingerprint density at radius 1 is 1.00 bits per heavy atom. The van der Waals surface area contributed by atoms with Crippen LogP contribution in [0.15, 0.2) is 36.4 Å². The summed E-state index contributed by atoms with van der Waals surface area (Å²) in [5.41, 5.74) is 1.83. The summed E-state index contributed by atoms with van der Waals surface area (Å²) >= 11 is 0. The van der Waals surface area contributed by atoms with Crippen molar-refractivity contribution in [2.75, 3.05) is 24.3 Å². The van der Waals surface area contributed by atoms with Crippen LogP contribution in [0.3, 0.4) is 0 Å². The molecule has 0 bridgehead atoms. The molecule has 0 spiro atoms. The van der Waals surface area contributed by atoms with Crippen molar-refractivity contribution in [1.29, 1.82) is 0 Å². The first-order valence-corrected chi connectivity index (χ1v) is 11.0. The molecule has 1 fully saturated rings. The van der Waals surface area contributed by atoms with Gasteiger partial charge in [-0.1, -0.05) is 18.2 Å². The van der Waals surface area contributed by atoms with Gasteiger partial charge in [-0.3, -0.25) is 4.79 Å². The Labute approximate surface area is 188 Å². The van der Waals surface area contributed by atoms with Crippen molar-refractivity contribution in [3.05, 3.63) is 53.6 Å². The summed E-state index contributed by atoms with van der Waals surface area (Å²) in [5.74, 6) is 2.32. The maximum Gasteiger partial charge on any atom is 0.273 e. The van der Waals surface area contributed by atoms with Gasteiger partial charge in [-0.25, -0.2) is 9.97 Å². The molecule has 9 nitrogen and oxygen atoms in total. The van der Waals surface area contributed by atoms with E-state index >= 15 is 0 Å². The molecule has 0 saturated heterocycles. The number of nitrogens with zero attached hydrogens (tertiary/aromatic N) is 6. The Morgan fingerprint density at radius 3 is 2.38 bits per heavy atom. The van der Waals surface area contributed by atoms with Crippen molar-refractivity contribution in [3.8, 4) is 5.69 Å². The fourth-order valence-corrected chi connectivity index (χ4v) is 3.97. The number of aryl methyl sites for hydroxylation is 2. The average Bonchev–Trinajstić information content (AvgIpc) is 3.17. The maximum absolute atomic E-state index is 12.8. The number of hydrogen-bond acceptors (Lipinski definition) is 7. The van der Waals surface area contributed by atoms with Crippen LogP contribution in [0.1, 0.15) is 47.7 Å². The molecule has 4 rings (SSSR count). The summed E-state index contributed by atoms with van der Waals surface area (Å²) in [6.45, 7) is 3.72. The van der Waals surface area contributed by atoms with Crippen molar-refractivity contribution in [3.63, 3.8) is 0 Å². The number of rotatable bonds is 6. The summed E-state index contributed by atoms with van der Waals surface area (Å²) in [7, 11) is 3.94. The Bertz CT molecular complexity index is 1070. The van der Waals surface area contributed by atoms with Crippen molar-refractivity contribution in [1.82, 2.24) is 30.3 Å². The number of nitrogens with one attached hydrogen (secondary N) is 2. The number of carbonyl (C=O) groups is 1. The fourth-order valence-electron chi connectivity index (χ4n) is 3.97. The molecule has 9 heteroatoms. The van der Waals surface area contributed by atoms with Gasteiger partial charge >= 0.3 is 0 Å². The van der Waals surface area contributed by atoms with Gasteiger partial charge in [0.2, 0.25) is 0 Å². The largest absolute Gasteiger partial charge is 0.367 e. The summed E-state index contributed by atoms with van der Waals surface area (Å²) in [5, 5.41) is 15.5. The van der Waals surface area contributed by atoms with Crippen molar-refractivity contribution >= 4 is 17.5 Å². The lowest BCUT2D eigenvalue weighted by Crippen LogP contribution is -2.40. The minimum atomic E-state index is -0.164. The quantitative estimate of drug-likeness (QED) is 0.615. The Morgan fingerprint density at radius 2 is 1.69 bits per heavy atom. The predicted octanol–water partition coefficient (Wildman–Crippen LogP) is 2.89. The molecule has 1 saturated carbocycles. The third kappa shape index (κ3) is 5.04. The normalized spacial score (nSPS) is 18.2. The van der Waals surface area contributed by atoms with E-state index in [0.717, 1.165) is 48.8 Å². The lowest BCUT2D eigenvalue weighted by molar-refractivity contribution is 0.0920. The van der Waals surface area contributed by atoms with Crippen LogP contribution in [-0.4, -0.2) is 57.0 Å². The second-order valence-electron chi connectivity index (χ2n) is 8.48. The zero-order valence-electron chi connectivity index (χ0n) is 19.0. The second-order valence-corrected chi connectivity index (χ2v) is 8.48. The van der Waals surface area contributed by atoms with Gasteiger partial charge in [-0.15, -0.1) is 5.10 Å². The summed E-state index contributed by atoms with van der Waals surface area (Å²) < 4.78 is 0. The molecule has 2 N–H and O–H groups in total. The first-order chi connectivity index (χ1) is 15.4. The lowest BCUT2D eigenvalue weighted by atomic mass is 9.91. The van der Waals surface area contributed by atoms with Crippen molar-refractivity contribution < 1.29 is 4.79 Å². The topological polar surface area (TPSA) is 101 Å². The average molecular weight is 435 g/mol. The summed E-state index contributed by atoms with van der Waals surface area (Å²) in [6.07, 6.45) is 3.72. The zero-order chi connectivity index (χ0) is 22.7. The highest BCUT2D eigenvalue weighted by atomic mass is 16.2. The van der Waals surface area contributed by atoms with Gasteiger partial charge in [-0.05, 0) is 51.7 Å². The SMILES string of the molecule is Cc1nc(NC2CCC(NC(=O)c3nn(-c4ccccc4)nc3C)CC2)cc(N(C)C)n1. The zero-order valence-corrected chi connectivity index (χ0v) is 19.0. The van der Waals surface area contributed by atoms with Crippen LogP contribution in [0.4, 0.5) is 11.6 Å². The number of anilines is 2. The van der Waals surface area contributed by atoms with E-state index in [1.807, 2.05) is 69.2 Å². The Kier molecular flexibility index (Phi) is 6.34. The van der Waals surface area contributed by atoms with Gasteiger partial charge in [0.25, 0.3) is 5.91 Å². The smallest absolute Gasteiger partial charge is 0.273 e. The van der Waals surface area contributed by atoms with Gasteiger partial charge < -0.3 is 15.5 Å². The van der Waals surface area contributed by atoms with E-state index in [1.54, 1.807) is 0 Å². The van der Waals surface area contributed by atoms with Gasteiger partial charge in [0.1, 0.15) is 17.5 Å². The maximum atomic E-state index is 12.8. The highest BCUT2D eigenvalue weighted by molar-refractivity contribution is 5.93. The molecule has 0 atom stereocenters. The number of aromatic nitrogens is 5. The summed E-state index contributed by atoms with van der Waals surface area (Å²) in [4.78, 5) is 25.3. The van der Waals surface area contributed by atoms with Crippen LogP contribution in [0.2, 0.25) is 0 Å². The van der Waals surface area contributed by atoms with Gasteiger partial charge in [0, 0.05) is 32.2 Å². The number of amides is 1. The molecule has 2 aromatic heterocycles. The molecular formula is C23H30N8O. The van der Waals surface area contributed by atoms with E-state index in [0.29, 0.717) is 17.4 Å². The molecule has 2 heterocycles. The minimum absolute atomic E-state index is 0.131. The molecule has 1 aliphatic rings. The van der Waals surface area contributed by atoms with Crippen molar-refractivity contribution in [2.24, 2.45) is 0 Å². The lowest BCUT2D eigenvalue weighted by Gasteiger charge is -2.30.